The predicted molar refractivity (Wildman–Crippen MR) is 90.9 cm³/mol. The van der Waals surface area contributed by atoms with Crippen molar-refractivity contribution in [2.75, 3.05) is 11.9 Å². The highest BCUT2D eigenvalue weighted by atomic mass is 16.5. The number of nitrogens with one attached hydrogen (secondary N) is 3. The molecule has 1 saturated heterocycles. The number of aromatic amines is 1. The topological polar surface area (TPSA) is 148 Å². The molecule has 2 heterocycles. The molecule has 26 heavy (non-hydrogen) atoms. The molecule has 3 atom stereocenters. The molecule has 0 saturated carbocycles. The van der Waals surface area contributed by atoms with E-state index in [-0.39, 0.29) is 18.3 Å². The van der Waals surface area contributed by atoms with Crippen molar-refractivity contribution in [1.82, 2.24) is 20.3 Å². The molecule has 5 N–H and O–H groups in total. The predicted octanol–water partition coefficient (Wildman–Crippen LogP) is 0.0119. The maximum Gasteiger partial charge on any atom is 0.272 e. The summed E-state index contributed by atoms with van der Waals surface area (Å²) in [5, 5.41) is 21.5. The van der Waals surface area contributed by atoms with Crippen LogP contribution in [0.2, 0.25) is 0 Å². The number of aliphatic hydroxyl groups is 1. The molecule has 3 unspecified atom stereocenters. The molecule has 2 rings (SSSR count). The number of anilines is 1. The van der Waals surface area contributed by atoms with Gasteiger partial charge in [0.2, 0.25) is 17.8 Å². The lowest BCUT2D eigenvalue weighted by atomic mass is 9.93. The van der Waals surface area contributed by atoms with Gasteiger partial charge in [0.15, 0.2) is 0 Å². The zero-order valence-electron chi connectivity index (χ0n) is 14.6. The van der Waals surface area contributed by atoms with E-state index in [9.17, 15) is 19.5 Å². The van der Waals surface area contributed by atoms with Gasteiger partial charge >= 0.3 is 0 Å². The van der Waals surface area contributed by atoms with Gasteiger partial charge in [0.1, 0.15) is 12.1 Å². The second kappa shape index (κ2) is 9.30. The molecular weight excluding hydrogens is 342 g/mol. The minimum absolute atomic E-state index is 0.285. The van der Waals surface area contributed by atoms with Crippen LogP contribution in [-0.2, 0) is 14.4 Å². The second-order valence-corrected chi connectivity index (χ2v) is 6.29. The molecule has 1 aliphatic heterocycles. The number of hydroxylamine groups is 1. The molecule has 3 amide bonds. The maximum atomic E-state index is 12.9. The van der Waals surface area contributed by atoms with Crippen LogP contribution >= 0.6 is 0 Å². The number of hydrogen-bond donors (Lipinski definition) is 5. The van der Waals surface area contributed by atoms with Crippen molar-refractivity contribution >= 4 is 23.7 Å². The van der Waals surface area contributed by atoms with Gasteiger partial charge in [0, 0.05) is 18.9 Å². The first kappa shape index (κ1) is 19.9. The standard InChI is InChI=1S/C16H25N5O5/c1-2-3-5-10(12(22)14(24)20-26)15(25)21-9-4-6-11(21)13(23)19-16-17-7-8-18-16/h7-8,10-12,22,26H,2-6,9H2,1H3,(H,20,24)(H2,17,18,19,23). The first-order chi connectivity index (χ1) is 12.5. The number of carbonyl (C=O) groups is 3. The van der Waals surface area contributed by atoms with E-state index in [1.807, 2.05) is 6.92 Å². The van der Waals surface area contributed by atoms with Crippen LogP contribution in [0.4, 0.5) is 5.95 Å². The second-order valence-electron chi connectivity index (χ2n) is 6.29. The molecule has 144 valence electrons. The lowest BCUT2D eigenvalue weighted by Gasteiger charge is -2.29. The lowest BCUT2D eigenvalue weighted by molar-refractivity contribution is -0.152. The summed E-state index contributed by atoms with van der Waals surface area (Å²) in [5.41, 5.74) is 1.38. The monoisotopic (exact) mass is 367 g/mol. The van der Waals surface area contributed by atoms with Gasteiger partial charge < -0.3 is 15.0 Å². The van der Waals surface area contributed by atoms with Crippen molar-refractivity contribution < 1.29 is 24.7 Å². The third kappa shape index (κ3) is 4.58. The Kier molecular flexibility index (Phi) is 7.10. The van der Waals surface area contributed by atoms with Crippen LogP contribution in [0.3, 0.4) is 0 Å². The van der Waals surface area contributed by atoms with Crippen molar-refractivity contribution in [3.05, 3.63) is 12.4 Å². The fraction of sp³-hybridized carbons (Fsp3) is 0.625. The molecule has 10 heteroatoms. The van der Waals surface area contributed by atoms with E-state index in [4.69, 9.17) is 5.21 Å². The van der Waals surface area contributed by atoms with E-state index in [1.165, 1.54) is 16.6 Å². The Bertz CT molecular complexity index is 621. The summed E-state index contributed by atoms with van der Waals surface area (Å²) in [5.74, 6) is -2.60. The number of unbranched alkanes of at least 4 members (excludes halogenated alkanes) is 1. The van der Waals surface area contributed by atoms with E-state index in [1.54, 1.807) is 6.20 Å². The van der Waals surface area contributed by atoms with Gasteiger partial charge in [-0.2, -0.15) is 0 Å². The maximum absolute atomic E-state index is 12.9. The molecule has 1 aromatic rings. The first-order valence-corrected chi connectivity index (χ1v) is 8.72. The van der Waals surface area contributed by atoms with Gasteiger partial charge in [0.05, 0.1) is 5.92 Å². The van der Waals surface area contributed by atoms with Gasteiger partial charge in [0.25, 0.3) is 5.91 Å². The Morgan fingerprint density at radius 2 is 2.23 bits per heavy atom. The fourth-order valence-electron chi connectivity index (χ4n) is 3.14. The Labute approximate surface area is 150 Å². The molecule has 0 radical (unpaired) electrons. The number of likely N-dealkylation sites (tertiary alicyclic amines) is 1. The van der Waals surface area contributed by atoms with Crippen molar-refractivity contribution in [1.29, 1.82) is 0 Å². The number of nitrogens with zero attached hydrogens (tertiary/aromatic N) is 2. The molecular formula is C16H25N5O5. The van der Waals surface area contributed by atoms with Crippen LogP contribution in [0.5, 0.6) is 0 Å². The Morgan fingerprint density at radius 3 is 2.85 bits per heavy atom. The summed E-state index contributed by atoms with van der Waals surface area (Å²) in [6, 6.07) is -0.693. The van der Waals surface area contributed by atoms with Crippen molar-refractivity contribution in [3.63, 3.8) is 0 Å². The molecule has 1 aromatic heterocycles. The van der Waals surface area contributed by atoms with Crippen molar-refractivity contribution in [2.24, 2.45) is 5.92 Å². The molecule has 10 nitrogen and oxygen atoms in total. The molecule has 0 aliphatic carbocycles. The third-order valence-corrected chi connectivity index (χ3v) is 4.52. The van der Waals surface area contributed by atoms with Crippen LogP contribution in [0.1, 0.15) is 39.0 Å². The van der Waals surface area contributed by atoms with E-state index in [0.717, 1.165) is 6.42 Å². The highest BCUT2D eigenvalue weighted by Gasteiger charge is 2.41. The Balaban J connectivity index is 2.11. The van der Waals surface area contributed by atoms with Gasteiger partial charge in [-0.3, -0.25) is 24.9 Å². The number of H-pyrrole nitrogens is 1. The SMILES string of the molecule is CCCCC(C(=O)N1CCCC1C(=O)Nc1ncc[nH]1)C(O)C(=O)NO. The summed E-state index contributed by atoms with van der Waals surface area (Å²) in [6.07, 6.45) is 4.21. The molecule has 0 aromatic carbocycles. The summed E-state index contributed by atoms with van der Waals surface area (Å²) in [6.45, 7) is 2.29. The average Bonchev–Trinajstić information content (AvgIpc) is 3.32. The fourth-order valence-corrected chi connectivity index (χ4v) is 3.14. The van der Waals surface area contributed by atoms with Crippen LogP contribution in [-0.4, -0.2) is 61.6 Å². The van der Waals surface area contributed by atoms with E-state index < -0.39 is 29.9 Å². The zero-order valence-corrected chi connectivity index (χ0v) is 14.6. The van der Waals surface area contributed by atoms with Crippen LogP contribution in [0, 0.1) is 5.92 Å². The van der Waals surface area contributed by atoms with Gasteiger partial charge in [-0.1, -0.05) is 19.8 Å². The summed E-state index contributed by atoms with van der Waals surface area (Å²) >= 11 is 0. The molecule has 1 aliphatic rings. The lowest BCUT2D eigenvalue weighted by Crippen LogP contribution is -2.50. The number of rotatable bonds is 8. The smallest absolute Gasteiger partial charge is 0.272 e. The molecule has 0 bridgehead atoms. The number of aromatic nitrogens is 2. The largest absolute Gasteiger partial charge is 0.382 e. The van der Waals surface area contributed by atoms with E-state index >= 15 is 0 Å². The number of hydrogen-bond acceptors (Lipinski definition) is 6. The van der Waals surface area contributed by atoms with Crippen LogP contribution < -0.4 is 10.8 Å². The quantitative estimate of drug-likeness (QED) is 0.323. The van der Waals surface area contributed by atoms with Gasteiger partial charge in [-0.15, -0.1) is 0 Å². The Hall–Kier alpha value is -2.46. The number of amides is 3. The highest BCUT2D eigenvalue weighted by molar-refractivity contribution is 5.97. The summed E-state index contributed by atoms with van der Waals surface area (Å²) in [4.78, 5) is 45.1. The van der Waals surface area contributed by atoms with Gasteiger partial charge in [-0.25, -0.2) is 10.5 Å². The van der Waals surface area contributed by atoms with Crippen molar-refractivity contribution in [3.8, 4) is 0 Å². The minimum atomic E-state index is -1.67. The number of imidazole rings is 1. The minimum Gasteiger partial charge on any atom is -0.382 e. The number of carbonyl (C=O) groups excluding carboxylic acids is 3. The normalized spacial score (nSPS) is 19.0. The average molecular weight is 367 g/mol. The van der Waals surface area contributed by atoms with E-state index in [2.05, 4.69) is 15.3 Å². The molecule has 1 fully saturated rings. The van der Waals surface area contributed by atoms with Crippen LogP contribution in [0.15, 0.2) is 12.4 Å². The first-order valence-electron chi connectivity index (χ1n) is 8.72. The number of aliphatic hydroxyl groups excluding tert-OH is 1. The van der Waals surface area contributed by atoms with Gasteiger partial charge in [-0.05, 0) is 19.3 Å². The third-order valence-electron chi connectivity index (χ3n) is 4.52. The Morgan fingerprint density at radius 1 is 1.46 bits per heavy atom. The molecule has 0 spiro atoms. The van der Waals surface area contributed by atoms with E-state index in [0.29, 0.717) is 25.8 Å². The zero-order chi connectivity index (χ0) is 19.1. The summed E-state index contributed by atoms with van der Waals surface area (Å²) in [7, 11) is 0. The highest BCUT2D eigenvalue weighted by Crippen LogP contribution is 2.25. The summed E-state index contributed by atoms with van der Waals surface area (Å²) < 4.78 is 0. The van der Waals surface area contributed by atoms with Crippen LogP contribution in [0.25, 0.3) is 0 Å². The van der Waals surface area contributed by atoms with Crippen molar-refractivity contribution in [2.45, 2.75) is 51.2 Å².